The van der Waals surface area contributed by atoms with Crippen molar-refractivity contribution in [3.8, 4) is 6.07 Å². The first kappa shape index (κ1) is 17.4. The summed E-state index contributed by atoms with van der Waals surface area (Å²) in [7, 11) is 0. The molecule has 2 heterocycles. The van der Waals surface area contributed by atoms with Crippen molar-refractivity contribution in [2.45, 2.75) is 11.7 Å². The Kier molecular flexibility index (Phi) is 5.65. The van der Waals surface area contributed by atoms with E-state index in [1.807, 2.05) is 23.6 Å². The predicted molar refractivity (Wildman–Crippen MR) is 96.8 cm³/mol. The molecule has 1 amide bonds. The molecule has 3 rings (SSSR count). The lowest BCUT2D eigenvalue weighted by atomic mass is 10.2. The van der Waals surface area contributed by atoms with Crippen LogP contribution in [0.2, 0.25) is 5.02 Å². The van der Waals surface area contributed by atoms with Gasteiger partial charge in [0.15, 0.2) is 0 Å². The largest absolute Gasteiger partial charge is 0.325 e. The van der Waals surface area contributed by atoms with E-state index in [-0.39, 0.29) is 11.7 Å². The van der Waals surface area contributed by atoms with Crippen molar-refractivity contribution in [3.05, 3.63) is 51.2 Å². The monoisotopic (exact) mass is 390 g/mol. The summed E-state index contributed by atoms with van der Waals surface area (Å²) >= 11 is 8.82. The van der Waals surface area contributed by atoms with E-state index < -0.39 is 0 Å². The van der Waals surface area contributed by atoms with Crippen LogP contribution in [0.3, 0.4) is 0 Å². The molecule has 0 spiro atoms. The van der Waals surface area contributed by atoms with Crippen molar-refractivity contribution >= 4 is 46.3 Å². The summed E-state index contributed by atoms with van der Waals surface area (Å²) in [4.78, 5) is 13.2. The van der Waals surface area contributed by atoms with Crippen molar-refractivity contribution in [1.82, 2.24) is 20.2 Å². The second kappa shape index (κ2) is 8.11. The van der Waals surface area contributed by atoms with Crippen LogP contribution in [0.4, 0.5) is 5.69 Å². The lowest BCUT2D eigenvalue weighted by Gasteiger charge is -2.06. The number of anilines is 1. The number of hydrogen-bond acceptors (Lipinski definition) is 7. The van der Waals surface area contributed by atoms with E-state index in [2.05, 4.69) is 20.8 Å². The molecule has 7 nitrogen and oxygen atoms in total. The first-order valence-corrected chi connectivity index (χ1v) is 9.31. The second-order valence-electron chi connectivity index (χ2n) is 4.84. The molecule has 2 aromatic heterocycles. The summed E-state index contributed by atoms with van der Waals surface area (Å²) in [6.07, 6.45) is 0. The lowest BCUT2D eigenvalue weighted by Crippen LogP contribution is -2.15. The molecule has 0 bridgehead atoms. The smallest absolute Gasteiger partial charge is 0.234 e. The summed E-state index contributed by atoms with van der Waals surface area (Å²) in [5.41, 5.74) is 0.898. The molecule has 0 radical (unpaired) electrons. The highest BCUT2D eigenvalue weighted by molar-refractivity contribution is 7.99. The van der Waals surface area contributed by atoms with Gasteiger partial charge in [0.05, 0.1) is 22.9 Å². The van der Waals surface area contributed by atoms with E-state index in [4.69, 9.17) is 16.9 Å². The predicted octanol–water partition coefficient (Wildman–Crippen LogP) is 3.04. The van der Waals surface area contributed by atoms with Gasteiger partial charge in [0, 0.05) is 10.6 Å². The highest BCUT2D eigenvalue weighted by atomic mass is 35.5. The second-order valence-corrected chi connectivity index (χ2v) is 7.22. The van der Waals surface area contributed by atoms with Crippen molar-refractivity contribution in [2.24, 2.45) is 0 Å². The van der Waals surface area contributed by atoms with Gasteiger partial charge in [-0.15, -0.1) is 16.4 Å². The molecule has 1 N–H and O–H groups in total. The number of tetrazole rings is 1. The molecular formula is C15H11ClN6OS2. The number of halogens is 1. The summed E-state index contributed by atoms with van der Waals surface area (Å²) in [5.74, 6) is -0.0564. The summed E-state index contributed by atoms with van der Waals surface area (Å²) in [5, 5.41) is 26.0. The molecule has 0 fully saturated rings. The minimum absolute atomic E-state index is 0.155. The number of carbonyl (C=O) groups excluding carboxylic acids is 1. The normalized spacial score (nSPS) is 10.4. The molecule has 1 aromatic carbocycles. The molecule has 0 aliphatic carbocycles. The molecule has 3 aromatic rings. The molecule has 0 unspecified atom stereocenters. The molecule has 0 saturated heterocycles. The minimum atomic E-state index is -0.212. The van der Waals surface area contributed by atoms with Crippen molar-refractivity contribution in [1.29, 1.82) is 5.26 Å². The van der Waals surface area contributed by atoms with Gasteiger partial charge >= 0.3 is 0 Å². The van der Waals surface area contributed by atoms with E-state index in [9.17, 15) is 4.79 Å². The van der Waals surface area contributed by atoms with Gasteiger partial charge < -0.3 is 5.32 Å². The maximum absolute atomic E-state index is 12.1. The van der Waals surface area contributed by atoms with E-state index in [1.54, 1.807) is 34.2 Å². The van der Waals surface area contributed by atoms with Gasteiger partial charge in [-0.1, -0.05) is 29.4 Å². The summed E-state index contributed by atoms with van der Waals surface area (Å²) in [6, 6.07) is 10.7. The highest BCUT2D eigenvalue weighted by Gasteiger charge is 2.11. The van der Waals surface area contributed by atoms with Crippen LogP contribution in [0.25, 0.3) is 0 Å². The van der Waals surface area contributed by atoms with Gasteiger partial charge in [-0.05, 0) is 40.1 Å². The van der Waals surface area contributed by atoms with Gasteiger partial charge in [-0.3, -0.25) is 4.79 Å². The first-order chi connectivity index (χ1) is 12.2. The Labute approximate surface area is 156 Å². The van der Waals surface area contributed by atoms with E-state index in [0.29, 0.717) is 28.0 Å². The van der Waals surface area contributed by atoms with Crippen LogP contribution >= 0.6 is 34.7 Å². The molecule has 0 aliphatic heterocycles. The fourth-order valence-electron chi connectivity index (χ4n) is 1.96. The summed E-state index contributed by atoms with van der Waals surface area (Å²) in [6.45, 7) is 0.569. The van der Waals surface area contributed by atoms with Crippen molar-refractivity contribution < 1.29 is 4.79 Å². The van der Waals surface area contributed by atoms with E-state index >= 15 is 0 Å². The van der Waals surface area contributed by atoms with Crippen LogP contribution in [-0.4, -0.2) is 31.9 Å². The number of amides is 1. The quantitative estimate of drug-likeness (QED) is 0.650. The zero-order valence-electron chi connectivity index (χ0n) is 12.7. The number of rotatable bonds is 6. The Balaban J connectivity index is 1.57. The maximum Gasteiger partial charge on any atom is 0.234 e. The first-order valence-electron chi connectivity index (χ1n) is 7.06. The number of aromatic nitrogens is 4. The third-order valence-electron chi connectivity index (χ3n) is 3.09. The van der Waals surface area contributed by atoms with Crippen molar-refractivity contribution in [2.75, 3.05) is 11.1 Å². The van der Waals surface area contributed by atoms with Crippen LogP contribution in [0.5, 0.6) is 0 Å². The van der Waals surface area contributed by atoms with Gasteiger partial charge in [0.1, 0.15) is 6.07 Å². The molecule has 126 valence electrons. The number of nitrogens with zero attached hydrogens (tertiary/aromatic N) is 5. The molecule has 0 saturated carbocycles. The molecule has 0 aliphatic rings. The van der Waals surface area contributed by atoms with Gasteiger partial charge in [0.2, 0.25) is 11.1 Å². The standard InChI is InChI=1S/C15H11ClN6OS2/c16-13-6-11(4-3-10(13)7-17)18-14(23)9-25-15-19-20-21-22(15)8-12-2-1-5-24-12/h1-6H,8-9H2,(H,18,23). The number of thioether (sulfide) groups is 1. The number of carbonyl (C=O) groups is 1. The van der Waals surface area contributed by atoms with E-state index in [1.165, 1.54) is 11.8 Å². The molecular weight excluding hydrogens is 380 g/mol. The molecule has 10 heteroatoms. The average Bonchev–Trinajstić information content (AvgIpc) is 3.26. The maximum atomic E-state index is 12.1. The van der Waals surface area contributed by atoms with Gasteiger partial charge in [0.25, 0.3) is 0 Å². The fraction of sp³-hybridized carbons (Fsp3) is 0.133. The third kappa shape index (κ3) is 4.57. The SMILES string of the molecule is N#Cc1ccc(NC(=O)CSc2nnnn2Cc2cccs2)cc1Cl. The van der Waals surface area contributed by atoms with E-state index in [0.717, 1.165) is 4.88 Å². The van der Waals surface area contributed by atoms with Crippen molar-refractivity contribution in [3.63, 3.8) is 0 Å². The fourth-order valence-corrected chi connectivity index (χ4v) is 3.55. The number of hydrogen-bond donors (Lipinski definition) is 1. The van der Waals surface area contributed by atoms with Crippen LogP contribution in [-0.2, 0) is 11.3 Å². The lowest BCUT2D eigenvalue weighted by molar-refractivity contribution is -0.113. The number of nitrogens with one attached hydrogen (secondary N) is 1. The average molecular weight is 391 g/mol. The van der Waals surface area contributed by atoms with Gasteiger partial charge in [-0.2, -0.15) is 5.26 Å². The Morgan fingerprint density at radius 2 is 2.32 bits per heavy atom. The highest BCUT2D eigenvalue weighted by Crippen LogP contribution is 2.21. The number of thiophene rings is 1. The number of benzene rings is 1. The topological polar surface area (TPSA) is 96.5 Å². The summed E-state index contributed by atoms with van der Waals surface area (Å²) < 4.78 is 1.66. The van der Waals surface area contributed by atoms with Crippen LogP contribution < -0.4 is 5.32 Å². The third-order valence-corrected chi connectivity index (χ3v) is 5.22. The van der Waals surface area contributed by atoms with Crippen LogP contribution in [0.1, 0.15) is 10.4 Å². The number of nitriles is 1. The Hall–Kier alpha value is -2.41. The Bertz CT molecular complexity index is 919. The van der Waals surface area contributed by atoms with Gasteiger partial charge in [-0.25, -0.2) is 4.68 Å². The zero-order valence-corrected chi connectivity index (χ0v) is 15.1. The minimum Gasteiger partial charge on any atom is -0.325 e. The Morgan fingerprint density at radius 3 is 3.04 bits per heavy atom. The van der Waals surface area contributed by atoms with Crippen LogP contribution in [0, 0.1) is 11.3 Å². The molecule has 0 atom stereocenters. The Morgan fingerprint density at radius 1 is 1.44 bits per heavy atom. The van der Waals surface area contributed by atoms with Crippen LogP contribution in [0.15, 0.2) is 40.9 Å². The zero-order chi connectivity index (χ0) is 17.6. The molecule has 25 heavy (non-hydrogen) atoms.